The summed E-state index contributed by atoms with van der Waals surface area (Å²) in [6.07, 6.45) is -10.4. The number of Topliss-reactive ketones (excluding diaryl/α,β-unsaturated/α-hetero) is 1. The van der Waals surface area contributed by atoms with Gasteiger partial charge in [-0.2, -0.15) is 0 Å². The van der Waals surface area contributed by atoms with Gasteiger partial charge in [0.2, 0.25) is 0 Å². The lowest BCUT2D eigenvalue weighted by Gasteiger charge is -2.70. The number of ether oxygens (including phenoxy) is 4. The molecule has 15 heteroatoms. The number of fused-ring (bicyclic) bond motifs is 5. The monoisotopic (exact) mass is 896 g/mol. The topological polar surface area (TPSA) is 218 Å². The lowest BCUT2D eigenvalue weighted by molar-refractivity contribution is -0.310. The minimum Gasteiger partial charge on any atom is -0.456 e. The number of hydrogen-bond donors (Lipinski definition) is 5. The van der Waals surface area contributed by atoms with Gasteiger partial charge in [-0.3, -0.25) is 14.5 Å². The Labute approximate surface area is 378 Å². The number of alkyl carbamates (subject to hydrolysis) is 1. The quantitative estimate of drug-likeness (QED) is 0.106. The zero-order valence-corrected chi connectivity index (χ0v) is 38.0. The number of hydrogen-bond acceptors (Lipinski definition) is 14. The van der Waals surface area contributed by atoms with Crippen LogP contribution in [0.15, 0.2) is 102 Å². The van der Waals surface area contributed by atoms with E-state index in [4.69, 9.17) is 18.9 Å². The number of nitrogens with zero attached hydrogens (tertiary/aromatic N) is 1. The normalized spacial score (nSPS) is 31.6. The fourth-order valence-corrected chi connectivity index (χ4v) is 11.0. The molecule has 3 aromatic rings. The molecule has 348 valence electrons. The molecule has 4 aliphatic rings. The highest BCUT2D eigenvalue weighted by Crippen LogP contribution is 2.64. The Morgan fingerprint density at radius 3 is 2.06 bits per heavy atom. The molecule has 2 unspecified atom stereocenters. The van der Waals surface area contributed by atoms with E-state index in [0.717, 1.165) is 5.56 Å². The third kappa shape index (κ3) is 8.37. The molecule has 2 saturated carbocycles. The third-order valence-corrected chi connectivity index (χ3v) is 14.2. The van der Waals surface area contributed by atoms with Crippen LogP contribution in [0.25, 0.3) is 0 Å². The van der Waals surface area contributed by atoms with Crippen molar-refractivity contribution in [2.24, 2.45) is 16.7 Å². The van der Waals surface area contributed by atoms with E-state index in [1.54, 1.807) is 83.1 Å². The highest BCUT2D eigenvalue weighted by molar-refractivity contribution is 5.94. The molecule has 2 bridgehead atoms. The predicted octanol–water partition coefficient (Wildman–Crippen LogP) is 4.75. The van der Waals surface area contributed by atoms with Gasteiger partial charge in [0.15, 0.2) is 11.9 Å². The van der Waals surface area contributed by atoms with Crippen LogP contribution >= 0.6 is 0 Å². The summed E-state index contributed by atoms with van der Waals surface area (Å²) in [6, 6.07) is 23.5. The van der Waals surface area contributed by atoms with Crippen molar-refractivity contribution in [1.29, 1.82) is 0 Å². The second kappa shape index (κ2) is 17.4. The molecule has 15 nitrogen and oxygen atoms in total. The van der Waals surface area contributed by atoms with Crippen LogP contribution in [0, 0.1) is 16.7 Å². The molecule has 0 spiro atoms. The van der Waals surface area contributed by atoms with Gasteiger partial charge >= 0.3 is 24.0 Å². The number of benzene rings is 3. The fraction of sp³-hybridized carbons (Fsp3) is 0.500. The van der Waals surface area contributed by atoms with E-state index in [1.807, 2.05) is 35.2 Å². The summed E-state index contributed by atoms with van der Waals surface area (Å²) in [5, 5.41) is 52.9. The number of esters is 3. The van der Waals surface area contributed by atoms with Gasteiger partial charge < -0.3 is 44.7 Å². The summed E-state index contributed by atoms with van der Waals surface area (Å²) in [4.78, 5) is 72.4. The van der Waals surface area contributed by atoms with Crippen molar-refractivity contribution in [1.82, 2.24) is 10.2 Å². The second-order valence-electron chi connectivity index (χ2n) is 19.7. The minimum absolute atomic E-state index is 0.00373. The minimum atomic E-state index is -2.36. The predicted molar refractivity (Wildman–Crippen MR) is 235 cm³/mol. The number of aliphatic hydroxyl groups excluding tert-OH is 3. The first-order valence-corrected chi connectivity index (χ1v) is 22.0. The standard InChI is InChI=1S/C50H60N2O13/c1-28-33(62-44(59)39(56)37(31-20-14-10-15-21-31)51-45(60)65-46(3,4)5)25-50(61)42(63-43(58)32-22-16-11-17-23-32)40-48(8,41(57)38(55)36(28)47(50,6)7)35(54)24-34-49(40,64-29(2)53)27-52(34)26-30-18-12-9-13-19-30/h9-23,33-35,37-40,42,54-56,61H,24-27H2,1-8H3,(H,51,60)/t33-,34+,35-,37-,38+,39+,40?,42?,48+,49-,50+/m0/s1. The molecule has 65 heavy (non-hydrogen) atoms. The van der Waals surface area contributed by atoms with Gasteiger partial charge in [-0.1, -0.05) is 92.7 Å². The number of ketones is 1. The Hall–Kier alpha value is -5.45. The number of carbonyl (C=O) groups is 5. The summed E-state index contributed by atoms with van der Waals surface area (Å²) >= 11 is 0. The van der Waals surface area contributed by atoms with Crippen molar-refractivity contribution in [3.8, 4) is 0 Å². The van der Waals surface area contributed by atoms with E-state index in [-0.39, 0.29) is 29.7 Å². The Balaban J connectivity index is 1.36. The van der Waals surface area contributed by atoms with Crippen LogP contribution in [-0.2, 0) is 39.9 Å². The van der Waals surface area contributed by atoms with Crippen LogP contribution in [-0.4, -0.2) is 115 Å². The third-order valence-electron chi connectivity index (χ3n) is 14.2. The molecule has 0 aromatic heterocycles. The van der Waals surface area contributed by atoms with E-state index in [2.05, 4.69) is 5.32 Å². The molecule has 5 N–H and O–H groups in total. The Morgan fingerprint density at radius 1 is 0.892 bits per heavy atom. The summed E-state index contributed by atoms with van der Waals surface area (Å²) in [6.45, 7) is 12.7. The van der Waals surface area contributed by atoms with E-state index < -0.39 is 112 Å². The summed E-state index contributed by atoms with van der Waals surface area (Å²) in [7, 11) is 0. The van der Waals surface area contributed by atoms with Gasteiger partial charge in [-0.15, -0.1) is 0 Å². The number of carbonyl (C=O) groups excluding carboxylic acids is 5. The molecule has 11 atom stereocenters. The van der Waals surface area contributed by atoms with Crippen molar-refractivity contribution >= 4 is 29.8 Å². The van der Waals surface area contributed by atoms with Gasteiger partial charge in [-0.05, 0) is 75.4 Å². The van der Waals surface area contributed by atoms with Crippen LogP contribution in [0.3, 0.4) is 0 Å². The average Bonchev–Trinajstić information content (AvgIpc) is 3.24. The summed E-state index contributed by atoms with van der Waals surface area (Å²) in [5.74, 6) is -5.25. The van der Waals surface area contributed by atoms with Gasteiger partial charge in [-0.25, -0.2) is 14.4 Å². The van der Waals surface area contributed by atoms with Gasteiger partial charge in [0.1, 0.15) is 35.1 Å². The number of likely N-dealkylation sites (tertiary alicyclic amines) is 1. The Kier molecular flexibility index (Phi) is 12.7. The summed E-state index contributed by atoms with van der Waals surface area (Å²) < 4.78 is 24.4. The van der Waals surface area contributed by atoms with Crippen molar-refractivity contribution in [3.05, 3.63) is 119 Å². The Morgan fingerprint density at radius 2 is 1.48 bits per heavy atom. The molecule has 0 radical (unpaired) electrons. The van der Waals surface area contributed by atoms with E-state index in [0.29, 0.717) is 12.1 Å². The largest absolute Gasteiger partial charge is 0.456 e. The van der Waals surface area contributed by atoms with Crippen molar-refractivity contribution in [2.45, 2.75) is 134 Å². The maximum absolute atomic E-state index is 15.3. The van der Waals surface area contributed by atoms with E-state index >= 15 is 4.79 Å². The SMILES string of the molecule is CC(=O)O[C@@]12CN(Cc3ccccc3)[C@@H]1C[C@H](O)[C@@]1(C)C(=O)[C@H](O)C3=C(C)[C@@H](OC(=O)[C@H](O)[C@@H](NC(=O)OC(C)(C)C)c4ccccc4)C[C@@](O)(C(OC(=O)c4ccccc4)C12)C3(C)C. The maximum Gasteiger partial charge on any atom is 0.408 e. The van der Waals surface area contributed by atoms with Gasteiger partial charge in [0.25, 0.3) is 0 Å². The van der Waals surface area contributed by atoms with Crippen LogP contribution in [0.5, 0.6) is 0 Å². The highest BCUT2D eigenvalue weighted by Gasteiger charge is 2.78. The molecular weight excluding hydrogens is 837 g/mol. The summed E-state index contributed by atoms with van der Waals surface area (Å²) in [5.41, 5.74) is -7.16. The average molecular weight is 897 g/mol. The lowest BCUT2D eigenvalue weighted by Crippen LogP contribution is -2.85. The van der Waals surface area contributed by atoms with Gasteiger partial charge in [0.05, 0.1) is 35.1 Å². The molecule has 3 fully saturated rings. The van der Waals surface area contributed by atoms with Crippen LogP contribution < -0.4 is 5.32 Å². The van der Waals surface area contributed by atoms with Crippen molar-refractivity contribution in [3.63, 3.8) is 0 Å². The van der Waals surface area contributed by atoms with Crippen molar-refractivity contribution in [2.75, 3.05) is 6.54 Å². The molecule has 1 amide bonds. The zero-order valence-electron chi connectivity index (χ0n) is 38.0. The van der Waals surface area contributed by atoms with E-state index in [9.17, 15) is 39.6 Å². The zero-order chi connectivity index (χ0) is 47.4. The molecule has 3 aliphatic carbocycles. The molecule has 3 aromatic carbocycles. The van der Waals surface area contributed by atoms with E-state index in [1.165, 1.54) is 32.9 Å². The molecule has 1 heterocycles. The number of rotatable bonds is 10. The first-order valence-electron chi connectivity index (χ1n) is 22.0. The van der Waals surface area contributed by atoms with Crippen LogP contribution in [0.1, 0.15) is 95.8 Å². The maximum atomic E-state index is 15.3. The molecule has 1 saturated heterocycles. The Bertz CT molecular complexity index is 2330. The first kappa shape index (κ1) is 47.5. The first-order chi connectivity index (χ1) is 30.5. The van der Waals surface area contributed by atoms with Crippen LogP contribution in [0.2, 0.25) is 0 Å². The highest BCUT2D eigenvalue weighted by atomic mass is 16.6. The number of aliphatic hydroxyl groups is 4. The molecule has 7 rings (SSSR count). The second-order valence-corrected chi connectivity index (χ2v) is 19.7. The van der Waals surface area contributed by atoms with Gasteiger partial charge in [0, 0.05) is 31.8 Å². The fourth-order valence-electron chi connectivity index (χ4n) is 11.0. The van der Waals surface area contributed by atoms with Crippen LogP contribution in [0.4, 0.5) is 4.79 Å². The smallest absolute Gasteiger partial charge is 0.408 e. The van der Waals surface area contributed by atoms with Crippen molar-refractivity contribution < 1.29 is 63.3 Å². The lowest BCUT2D eigenvalue weighted by atomic mass is 9.43. The number of amides is 1. The molecule has 1 aliphatic heterocycles. The molecular formula is C50H60N2O13. The number of nitrogens with one attached hydrogen (secondary N) is 1.